The number of aromatic amines is 1. The van der Waals surface area contributed by atoms with Crippen molar-refractivity contribution in [2.75, 3.05) is 13.2 Å². The van der Waals surface area contributed by atoms with Crippen LogP contribution in [-0.2, 0) is 16.0 Å². The molecule has 0 fully saturated rings. The second kappa shape index (κ2) is 8.57. The summed E-state index contributed by atoms with van der Waals surface area (Å²) in [5, 5.41) is 9.38. The van der Waals surface area contributed by atoms with Crippen LogP contribution in [0.3, 0.4) is 0 Å². The lowest BCUT2D eigenvalue weighted by molar-refractivity contribution is -0.118. The third-order valence-corrected chi connectivity index (χ3v) is 5.09. The summed E-state index contributed by atoms with van der Waals surface area (Å²) in [6.07, 6.45) is 0.616. The van der Waals surface area contributed by atoms with Crippen molar-refractivity contribution in [3.63, 3.8) is 0 Å². The van der Waals surface area contributed by atoms with E-state index >= 15 is 0 Å². The molecule has 0 saturated carbocycles. The summed E-state index contributed by atoms with van der Waals surface area (Å²) in [6.45, 7) is 1.50. The number of esters is 1. The minimum atomic E-state index is -0.789. The maximum atomic E-state index is 12.3. The van der Waals surface area contributed by atoms with Gasteiger partial charge in [0.1, 0.15) is 0 Å². The number of ether oxygens (including phenoxy) is 1. The van der Waals surface area contributed by atoms with E-state index in [0.29, 0.717) is 28.6 Å². The van der Waals surface area contributed by atoms with Gasteiger partial charge in [-0.1, -0.05) is 18.2 Å². The first-order chi connectivity index (χ1) is 13.5. The van der Waals surface area contributed by atoms with Gasteiger partial charge in [0.15, 0.2) is 12.3 Å². The zero-order valence-corrected chi connectivity index (χ0v) is 15.8. The van der Waals surface area contributed by atoms with E-state index in [2.05, 4.69) is 15.5 Å². The fraction of sp³-hybridized carbons (Fsp3) is 0.211. The average molecular weight is 399 g/mol. The van der Waals surface area contributed by atoms with Crippen LogP contribution < -0.4 is 10.9 Å². The smallest absolute Gasteiger partial charge is 0.359 e. The van der Waals surface area contributed by atoms with Crippen LogP contribution in [-0.4, -0.2) is 41.0 Å². The van der Waals surface area contributed by atoms with E-state index in [4.69, 9.17) is 4.74 Å². The van der Waals surface area contributed by atoms with Crippen LogP contribution in [0.25, 0.3) is 10.8 Å². The highest BCUT2D eigenvalue weighted by atomic mass is 32.1. The molecule has 144 valence electrons. The number of rotatable bonds is 7. The minimum absolute atomic E-state index is 0.0508. The number of aromatic nitrogens is 2. The number of nitrogens with zero attached hydrogens (tertiary/aromatic N) is 1. The van der Waals surface area contributed by atoms with Crippen LogP contribution in [0.2, 0.25) is 0 Å². The Balaban J connectivity index is 1.63. The highest BCUT2D eigenvalue weighted by molar-refractivity contribution is 7.14. The van der Waals surface area contributed by atoms with E-state index in [9.17, 15) is 19.2 Å². The summed E-state index contributed by atoms with van der Waals surface area (Å²) in [5.74, 6) is -1.23. The number of H-pyrrole nitrogens is 1. The Bertz CT molecular complexity index is 1100. The molecule has 2 heterocycles. The second-order valence-corrected chi connectivity index (χ2v) is 7.11. The topological polar surface area (TPSA) is 118 Å². The Kier molecular flexibility index (Phi) is 5.95. The Labute approximate surface area is 163 Å². The van der Waals surface area contributed by atoms with E-state index in [0.717, 1.165) is 4.88 Å². The molecular formula is C19H17N3O5S. The van der Waals surface area contributed by atoms with Gasteiger partial charge in [0.05, 0.1) is 10.3 Å². The van der Waals surface area contributed by atoms with E-state index in [-0.39, 0.29) is 17.4 Å². The van der Waals surface area contributed by atoms with Gasteiger partial charge >= 0.3 is 5.97 Å². The number of thiophene rings is 1. The van der Waals surface area contributed by atoms with Crippen molar-refractivity contribution < 1.29 is 19.1 Å². The van der Waals surface area contributed by atoms with Gasteiger partial charge < -0.3 is 10.1 Å². The van der Waals surface area contributed by atoms with Gasteiger partial charge in [-0.3, -0.25) is 14.4 Å². The quantitative estimate of drug-likeness (QED) is 0.461. The van der Waals surface area contributed by atoms with Gasteiger partial charge in [-0.15, -0.1) is 11.3 Å². The molecule has 1 amide bonds. The highest BCUT2D eigenvalue weighted by Crippen LogP contribution is 2.18. The average Bonchev–Trinajstić information content (AvgIpc) is 3.15. The highest BCUT2D eigenvalue weighted by Gasteiger charge is 2.18. The predicted molar refractivity (Wildman–Crippen MR) is 104 cm³/mol. The lowest BCUT2D eigenvalue weighted by Gasteiger charge is -2.05. The molecule has 1 aromatic carbocycles. The molecule has 2 aromatic heterocycles. The molecule has 3 aromatic rings. The minimum Gasteiger partial charge on any atom is -0.452 e. The number of nitrogens with one attached hydrogen (secondary N) is 2. The molecule has 0 aliphatic heterocycles. The van der Waals surface area contributed by atoms with E-state index in [1.54, 1.807) is 36.4 Å². The number of hydrogen-bond acceptors (Lipinski definition) is 7. The normalized spacial score (nSPS) is 10.6. The van der Waals surface area contributed by atoms with Crippen LogP contribution in [0.15, 0.2) is 41.2 Å². The molecule has 8 nitrogen and oxygen atoms in total. The van der Waals surface area contributed by atoms with Crippen LogP contribution in [0.4, 0.5) is 0 Å². The zero-order valence-electron chi connectivity index (χ0n) is 15.0. The second-order valence-electron chi connectivity index (χ2n) is 5.95. The van der Waals surface area contributed by atoms with E-state index in [1.165, 1.54) is 18.3 Å². The fourth-order valence-corrected chi connectivity index (χ4v) is 3.50. The van der Waals surface area contributed by atoms with E-state index < -0.39 is 18.1 Å². The molecule has 0 aliphatic carbocycles. The number of Topliss-reactive ketones (excluding diaryl/α,β-unsaturated/α-hetero) is 1. The Morgan fingerprint density at radius 3 is 2.64 bits per heavy atom. The molecule has 9 heteroatoms. The summed E-state index contributed by atoms with van der Waals surface area (Å²) < 4.78 is 5.09. The number of fused-ring (bicyclic) bond motifs is 1. The molecule has 0 radical (unpaired) electrons. The lowest BCUT2D eigenvalue weighted by atomic mass is 10.1. The van der Waals surface area contributed by atoms with Crippen LogP contribution >= 0.6 is 11.3 Å². The van der Waals surface area contributed by atoms with Crippen molar-refractivity contribution in [1.29, 1.82) is 0 Å². The number of carbonyl (C=O) groups is 3. The maximum absolute atomic E-state index is 12.3. The largest absolute Gasteiger partial charge is 0.452 e. The first-order valence-corrected chi connectivity index (χ1v) is 9.28. The summed E-state index contributed by atoms with van der Waals surface area (Å²) in [6, 6.07) is 9.99. The Morgan fingerprint density at radius 2 is 1.89 bits per heavy atom. The number of carbonyl (C=O) groups excluding carboxylic acids is 3. The molecule has 0 aliphatic rings. The summed E-state index contributed by atoms with van der Waals surface area (Å²) in [4.78, 5) is 48.7. The lowest BCUT2D eigenvalue weighted by Crippen LogP contribution is -2.22. The van der Waals surface area contributed by atoms with Crippen molar-refractivity contribution in [3.8, 4) is 0 Å². The maximum Gasteiger partial charge on any atom is 0.359 e. The van der Waals surface area contributed by atoms with Gasteiger partial charge in [-0.05, 0) is 24.6 Å². The SMILES string of the molecule is CC(=O)NCCc1ccc(C(=O)COC(=O)c2n[nH]c(=O)c3ccccc23)s1. The number of amides is 1. The van der Waals surface area contributed by atoms with E-state index in [1.807, 2.05) is 0 Å². The van der Waals surface area contributed by atoms with Crippen molar-refractivity contribution in [2.24, 2.45) is 0 Å². The van der Waals surface area contributed by atoms with Gasteiger partial charge in [0, 0.05) is 23.7 Å². The molecule has 0 unspecified atom stereocenters. The fourth-order valence-electron chi connectivity index (χ4n) is 2.56. The first kappa shape index (κ1) is 19.4. The molecule has 28 heavy (non-hydrogen) atoms. The Hall–Kier alpha value is -3.33. The van der Waals surface area contributed by atoms with Crippen molar-refractivity contribution in [2.45, 2.75) is 13.3 Å². The van der Waals surface area contributed by atoms with Crippen LogP contribution in [0, 0.1) is 0 Å². The summed E-state index contributed by atoms with van der Waals surface area (Å²) in [7, 11) is 0. The molecule has 0 spiro atoms. The van der Waals surface area contributed by atoms with Crippen LogP contribution in [0.5, 0.6) is 0 Å². The zero-order chi connectivity index (χ0) is 20.1. The summed E-state index contributed by atoms with van der Waals surface area (Å²) >= 11 is 1.29. The monoisotopic (exact) mass is 399 g/mol. The number of hydrogen-bond donors (Lipinski definition) is 2. The van der Waals surface area contributed by atoms with Gasteiger partial charge in [0.2, 0.25) is 11.7 Å². The van der Waals surface area contributed by atoms with Crippen molar-refractivity contribution >= 4 is 39.8 Å². The number of benzene rings is 1. The third kappa shape index (κ3) is 4.49. The molecule has 0 bridgehead atoms. The van der Waals surface area contributed by atoms with Crippen LogP contribution in [0.1, 0.15) is 32.0 Å². The molecule has 0 atom stereocenters. The van der Waals surface area contributed by atoms with Crippen molar-refractivity contribution in [1.82, 2.24) is 15.5 Å². The first-order valence-electron chi connectivity index (χ1n) is 8.46. The standard InChI is InChI=1S/C19H17N3O5S/c1-11(23)20-9-8-12-6-7-16(28-12)15(24)10-27-19(26)17-13-4-2-3-5-14(13)18(25)22-21-17/h2-7H,8-10H2,1H3,(H,20,23)(H,22,25). The summed E-state index contributed by atoms with van der Waals surface area (Å²) in [5.41, 5.74) is -0.459. The van der Waals surface area contributed by atoms with Gasteiger partial charge in [-0.25, -0.2) is 9.89 Å². The van der Waals surface area contributed by atoms with Gasteiger partial charge in [-0.2, -0.15) is 5.10 Å². The molecular weight excluding hydrogens is 382 g/mol. The third-order valence-electron chi connectivity index (χ3n) is 3.91. The van der Waals surface area contributed by atoms with Crippen molar-refractivity contribution in [3.05, 3.63) is 62.2 Å². The number of ketones is 1. The molecule has 2 N–H and O–H groups in total. The molecule has 0 saturated heterocycles. The Morgan fingerprint density at radius 1 is 1.14 bits per heavy atom. The molecule has 3 rings (SSSR count). The van der Waals surface area contributed by atoms with Gasteiger partial charge in [0.25, 0.3) is 5.56 Å². The predicted octanol–water partition coefficient (Wildman–Crippen LogP) is 1.70.